The summed E-state index contributed by atoms with van der Waals surface area (Å²) in [7, 11) is 2.12. The van der Waals surface area contributed by atoms with E-state index in [1.165, 1.54) is 11.1 Å². The van der Waals surface area contributed by atoms with Gasteiger partial charge < -0.3 is 15.1 Å². The van der Waals surface area contributed by atoms with Crippen molar-refractivity contribution in [2.75, 3.05) is 26.7 Å². The van der Waals surface area contributed by atoms with E-state index in [0.717, 1.165) is 42.0 Å². The predicted molar refractivity (Wildman–Crippen MR) is 120 cm³/mol. The molecule has 160 valence electrons. The Labute approximate surface area is 182 Å². The fourth-order valence-corrected chi connectivity index (χ4v) is 4.93. The van der Waals surface area contributed by atoms with Gasteiger partial charge in [-0.15, -0.1) is 0 Å². The molecule has 1 fully saturated rings. The van der Waals surface area contributed by atoms with Gasteiger partial charge in [0.2, 0.25) is 0 Å². The molecule has 0 bridgehead atoms. The minimum atomic E-state index is 0.00594. The molecule has 2 unspecified atom stereocenters. The van der Waals surface area contributed by atoms with Crippen molar-refractivity contribution in [2.24, 2.45) is 0 Å². The van der Waals surface area contributed by atoms with Crippen molar-refractivity contribution in [3.8, 4) is 11.3 Å². The maximum absolute atomic E-state index is 13.3. The van der Waals surface area contributed by atoms with Crippen LogP contribution < -0.4 is 5.32 Å². The molecule has 1 aromatic carbocycles. The highest BCUT2D eigenvalue weighted by Gasteiger charge is 2.35. The summed E-state index contributed by atoms with van der Waals surface area (Å²) in [6.45, 7) is 5.21. The smallest absolute Gasteiger partial charge is 0.317 e. The maximum Gasteiger partial charge on any atom is 0.317 e. The Bertz CT molecular complexity index is 1080. The van der Waals surface area contributed by atoms with Gasteiger partial charge in [0.05, 0.1) is 18.3 Å². The second-order valence-corrected chi connectivity index (χ2v) is 8.68. The number of fused-ring (bicyclic) bond motifs is 1. The molecule has 7 heteroatoms. The van der Waals surface area contributed by atoms with Crippen LogP contribution in [-0.2, 0) is 13.0 Å². The number of urea groups is 1. The van der Waals surface area contributed by atoms with Crippen molar-refractivity contribution < 1.29 is 4.79 Å². The minimum Gasteiger partial charge on any atom is -0.333 e. The van der Waals surface area contributed by atoms with Gasteiger partial charge in [0.1, 0.15) is 0 Å². The van der Waals surface area contributed by atoms with E-state index in [1.54, 1.807) is 12.4 Å². The number of likely N-dealkylation sites (N-methyl/N-ethyl adjacent to an activating group) is 1. The van der Waals surface area contributed by atoms with Gasteiger partial charge in [-0.3, -0.25) is 10.1 Å². The van der Waals surface area contributed by atoms with Crippen LogP contribution >= 0.6 is 0 Å². The molecule has 5 rings (SSSR count). The van der Waals surface area contributed by atoms with Crippen LogP contribution in [0.1, 0.15) is 28.3 Å². The first-order valence-electron chi connectivity index (χ1n) is 10.9. The third-order valence-electron chi connectivity index (χ3n) is 6.57. The molecule has 7 nitrogen and oxygen atoms in total. The second-order valence-electron chi connectivity index (χ2n) is 8.68. The number of hydrogen-bond donors (Lipinski definition) is 2. The molecule has 2 aliphatic rings. The summed E-state index contributed by atoms with van der Waals surface area (Å²) in [5, 5.41) is 11.0. The van der Waals surface area contributed by atoms with Crippen molar-refractivity contribution in [1.82, 2.24) is 30.3 Å². The second kappa shape index (κ2) is 8.15. The molecule has 2 atom stereocenters. The number of nitrogens with zero attached hydrogens (tertiary/aromatic N) is 4. The van der Waals surface area contributed by atoms with Gasteiger partial charge in [-0.25, -0.2) is 4.79 Å². The third kappa shape index (κ3) is 3.81. The lowest BCUT2D eigenvalue weighted by Crippen LogP contribution is -2.48. The zero-order valence-corrected chi connectivity index (χ0v) is 18.0. The number of likely N-dealkylation sites (tertiary alicyclic amines) is 1. The summed E-state index contributed by atoms with van der Waals surface area (Å²) in [5.74, 6) is 0.303. The molecule has 2 aliphatic heterocycles. The Balaban J connectivity index is 1.33. The first-order valence-corrected chi connectivity index (χ1v) is 10.9. The first-order chi connectivity index (χ1) is 15.1. The number of carbonyl (C=O) groups is 1. The fraction of sp³-hybridized carbons (Fsp3) is 0.375. The monoisotopic (exact) mass is 416 g/mol. The van der Waals surface area contributed by atoms with Crippen LogP contribution in [0.3, 0.4) is 0 Å². The highest BCUT2D eigenvalue weighted by molar-refractivity contribution is 5.76. The van der Waals surface area contributed by atoms with Crippen LogP contribution in [-0.4, -0.2) is 63.7 Å². The first kappa shape index (κ1) is 19.8. The number of aromatic nitrogens is 3. The Morgan fingerprint density at radius 3 is 2.77 bits per heavy atom. The normalized spacial score (nSPS) is 21.2. The van der Waals surface area contributed by atoms with Gasteiger partial charge in [0, 0.05) is 61.2 Å². The molecular weight excluding hydrogens is 388 g/mol. The van der Waals surface area contributed by atoms with Crippen molar-refractivity contribution in [3.63, 3.8) is 0 Å². The van der Waals surface area contributed by atoms with Gasteiger partial charge in [0.25, 0.3) is 0 Å². The van der Waals surface area contributed by atoms with Gasteiger partial charge >= 0.3 is 6.03 Å². The van der Waals surface area contributed by atoms with Crippen molar-refractivity contribution in [1.29, 1.82) is 0 Å². The van der Waals surface area contributed by atoms with E-state index in [2.05, 4.69) is 63.6 Å². The molecule has 0 radical (unpaired) electrons. The summed E-state index contributed by atoms with van der Waals surface area (Å²) >= 11 is 0. The number of aryl methyl sites for hydroxylation is 1. The molecule has 1 saturated heterocycles. The quantitative estimate of drug-likeness (QED) is 0.688. The average Bonchev–Trinajstić information content (AvgIpc) is 3.37. The zero-order valence-electron chi connectivity index (χ0n) is 18.0. The largest absolute Gasteiger partial charge is 0.333 e. The summed E-state index contributed by atoms with van der Waals surface area (Å²) in [6, 6.07) is 12.5. The fourth-order valence-electron chi connectivity index (χ4n) is 4.93. The van der Waals surface area contributed by atoms with E-state index in [1.807, 2.05) is 17.0 Å². The van der Waals surface area contributed by atoms with Crippen molar-refractivity contribution in [2.45, 2.75) is 31.8 Å². The molecule has 0 saturated carbocycles. The third-order valence-corrected chi connectivity index (χ3v) is 6.57. The Morgan fingerprint density at radius 1 is 1.16 bits per heavy atom. The molecule has 0 aliphatic carbocycles. The molecule has 2 amide bonds. The number of carbonyl (C=O) groups excluding carboxylic acids is 1. The van der Waals surface area contributed by atoms with Gasteiger partial charge in [-0.05, 0) is 37.2 Å². The highest BCUT2D eigenvalue weighted by atomic mass is 16.2. The SMILES string of the molecule is Cc1ccccc1C1CN(C)CC1NC(=O)N1CCc2[nH]nc(-c3ccncc3)c2C1. The van der Waals surface area contributed by atoms with Crippen LogP contribution in [0.5, 0.6) is 0 Å². The van der Waals surface area contributed by atoms with Gasteiger partial charge in [-0.1, -0.05) is 24.3 Å². The van der Waals surface area contributed by atoms with Crippen molar-refractivity contribution in [3.05, 3.63) is 71.2 Å². The summed E-state index contributed by atoms with van der Waals surface area (Å²) in [5.41, 5.74) is 6.76. The average molecular weight is 417 g/mol. The number of nitrogens with one attached hydrogen (secondary N) is 2. The van der Waals surface area contributed by atoms with Crippen LogP contribution in [0.4, 0.5) is 4.79 Å². The maximum atomic E-state index is 13.3. The summed E-state index contributed by atoms with van der Waals surface area (Å²) < 4.78 is 0. The lowest BCUT2D eigenvalue weighted by atomic mass is 9.91. The van der Waals surface area contributed by atoms with E-state index >= 15 is 0 Å². The van der Waals surface area contributed by atoms with E-state index in [9.17, 15) is 4.79 Å². The minimum absolute atomic E-state index is 0.00594. The van der Waals surface area contributed by atoms with Crippen LogP contribution in [0.2, 0.25) is 0 Å². The van der Waals surface area contributed by atoms with E-state index in [0.29, 0.717) is 19.0 Å². The zero-order chi connectivity index (χ0) is 21.4. The van der Waals surface area contributed by atoms with Gasteiger partial charge in [0.15, 0.2) is 0 Å². The Kier molecular flexibility index (Phi) is 5.19. The number of H-pyrrole nitrogens is 1. The van der Waals surface area contributed by atoms with Crippen LogP contribution in [0, 0.1) is 6.92 Å². The van der Waals surface area contributed by atoms with E-state index in [-0.39, 0.29) is 12.1 Å². The molecule has 3 aromatic rings. The van der Waals surface area contributed by atoms with E-state index in [4.69, 9.17) is 0 Å². The number of hydrogen-bond acceptors (Lipinski definition) is 4. The lowest BCUT2D eigenvalue weighted by Gasteiger charge is -2.30. The van der Waals surface area contributed by atoms with Crippen molar-refractivity contribution >= 4 is 6.03 Å². The summed E-state index contributed by atoms with van der Waals surface area (Å²) in [6.07, 6.45) is 4.32. The molecule has 2 aromatic heterocycles. The van der Waals surface area contributed by atoms with Crippen LogP contribution in [0.15, 0.2) is 48.8 Å². The number of pyridine rings is 1. The number of benzene rings is 1. The topological polar surface area (TPSA) is 77.2 Å². The highest BCUT2D eigenvalue weighted by Crippen LogP contribution is 2.31. The standard InChI is InChI=1S/C24H28N6O/c1-16-5-3-4-6-18(16)19-13-29(2)15-22(19)26-24(31)30-12-9-21-20(14-30)23(28-27-21)17-7-10-25-11-8-17/h3-8,10-11,19,22H,9,12-15H2,1-2H3,(H,26,31)(H,27,28). The number of amides is 2. The Hall–Kier alpha value is -3.19. The van der Waals surface area contributed by atoms with Crippen LogP contribution in [0.25, 0.3) is 11.3 Å². The molecule has 0 spiro atoms. The van der Waals surface area contributed by atoms with E-state index < -0.39 is 0 Å². The number of rotatable bonds is 3. The van der Waals surface area contributed by atoms with Gasteiger partial charge in [-0.2, -0.15) is 5.10 Å². The molecule has 31 heavy (non-hydrogen) atoms. The molecule has 2 N–H and O–H groups in total. The molecule has 4 heterocycles. The lowest BCUT2D eigenvalue weighted by molar-refractivity contribution is 0.187. The number of aromatic amines is 1. The summed E-state index contributed by atoms with van der Waals surface area (Å²) in [4.78, 5) is 21.6. The predicted octanol–water partition coefficient (Wildman–Crippen LogP) is 2.95. The molecular formula is C24H28N6O. The Morgan fingerprint density at radius 2 is 1.97 bits per heavy atom.